The summed E-state index contributed by atoms with van der Waals surface area (Å²) in [5.74, 6) is 0. The van der Waals surface area contributed by atoms with Crippen molar-refractivity contribution in [2.75, 3.05) is 5.32 Å². The Morgan fingerprint density at radius 2 is 1.89 bits per heavy atom. The van der Waals surface area contributed by atoms with Crippen LogP contribution in [0.3, 0.4) is 0 Å². The highest BCUT2D eigenvalue weighted by Crippen LogP contribution is 2.26. The Morgan fingerprint density at radius 3 is 2.53 bits per heavy atom. The second-order valence-corrected chi connectivity index (χ2v) is 5.57. The van der Waals surface area contributed by atoms with E-state index in [1.165, 1.54) is 0 Å². The Kier molecular flexibility index (Phi) is 4.47. The summed E-state index contributed by atoms with van der Waals surface area (Å²) in [6, 6.07) is 15.5. The smallest absolute Gasteiger partial charge is 0.101 e. The number of nitrogens with one attached hydrogen (secondary N) is 1. The number of anilines is 1. The number of rotatable bonds is 3. The number of nitrogens with zero attached hydrogens (tertiary/aromatic N) is 1. The molecule has 1 N–H and O–H groups in total. The first kappa shape index (κ1) is 13.9. The van der Waals surface area contributed by atoms with Crippen LogP contribution in [0.4, 0.5) is 5.69 Å². The first-order chi connectivity index (χ1) is 9.10. The van der Waals surface area contributed by atoms with E-state index in [-0.39, 0.29) is 6.04 Å². The molecule has 2 aromatic carbocycles. The van der Waals surface area contributed by atoms with Crippen LogP contribution in [0.25, 0.3) is 0 Å². The van der Waals surface area contributed by atoms with Crippen molar-refractivity contribution in [3.63, 3.8) is 0 Å². The van der Waals surface area contributed by atoms with Crippen molar-refractivity contribution < 1.29 is 0 Å². The maximum atomic E-state index is 9.11. The van der Waals surface area contributed by atoms with E-state index < -0.39 is 0 Å². The average molecular weight is 336 g/mol. The molecule has 0 aliphatic carbocycles. The Bertz CT molecular complexity index is 617. The molecule has 0 saturated carbocycles. The van der Waals surface area contributed by atoms with Gasteiger partial charge in [0.1, 0.15) is 6.07 Å². The SMILES string of the molecule is CC(Nc1cc(Br)ccc1C#N)c1ccc(Cl)cc1. The largest absolute Gasteiger partial charge is 0.377 e. The molecule has 0 saturated heterocycles. The zero-order chi connectivity index (χ0) is 13.8. The third-order valence-electron chi connectivity index (χ3n) is 2.84. The van der Waals surface area contributed by atoms with Gasteiger partial charge in [-0.2, -0.15) is 5.26 Å². The molecular formula is C15H12BrClN2. The zero-order valence-corrected chi connectivity index (χ0v) is 12.7. The standard InChI is InChI=1S/C15H12BrClN2/c1-10(11-3-6-14(17)7-4-11)19-15-8-13(16)5-2-12(15)9-18/h2-8,10,19H,1H3. The highest BCUT2D eigenvalue weighted by molar-refractivity contribution is 9.10. The van der Waals surface area contributed by atoms with Crippen LogP contribution in [-0.2, 0) is 0 Å². The molecular weight excluding hydrogens is 324 g/mol. The van der Waals surface area contributed by atoms with Gasteiger partial charge >= 0.3 is 0 Å². The van der Waals surface area contributed by atoms with Gasteiger partial charge in [0.05, 0.1) is 11.3 Å². The Hall–Kier alpha value is -1.50. The summed E-state index contributed by atoms with van der Waals surface area (Å²) in [6.45, 7) is 2.05. The Morgan fingerprint density at radius 1 is 1.21 bits per heavy atom. The van der Waals surface area contributed by atoms with E-state index in [4.69, 9.17) is 16.9 Å². The van der Waals surface area contributed by atoms with E-state index in [2.05, 4.69) is 27.3 Å². The van der Waals surface area contributed by atoms with Gasteiger partial charge in [-0.3, -0.25) is 0 Å². The minimum Gasteiger partial charge on any atom is -0.377 e. The zero-order valence-electron chi connectivity index (χ0n) is 10.3. The van der Waals surface area contributed by atoms with Gasteiger partial charge in [-0.15, -0.1) is 0 Å². The second kappa shape index (κ2) is 6.10. The summed E-state index contributed by atoms with van der Waals surface area (Å²) in [7, 11) is 0. The number of benzene rings is 2. The molecule has 0 aliphatic rings. The van der Waals surface area contributed by atoms with E-state index in [1.54, 1.807) is 6.07 Å². The van der Waals surface area contributed by atoms with Crippen LogP contribution in [0.15, 0.2) is 46.9 Å². The van der Waals surface area contributed by atoms with Crippen LogP contribution in [0.5, 0.6) is 0 Å². The topological polar surface area (TPSA) is 35.8 Å². The summed E-state index contributed by atoms with van der Waals surface area (Å²) >= 11 is 9.29. The lowest BCUT2D eigenvalue weighted by Gasteiger charge is -2.17. The van der Waals surface area contributed by atoms with Gasteiger partial charge in [0.2, 0.25) is 0 Å². The van der Waals surface area contributed by atoms with Crippen LogP contribution in [0.2, 0.25) is 5.02 Å². The quantitative estimate of drug-likeness (QED) is 0.842. The van der Waals surface area contributed by atoms with Crippen LogP contribution < -0.4 is 5.32 Å². The molecule has 0 radical (unpaired) electrons. The minimum absolute atomic E-state index is 0.0960. The van der Waals surface area contributed by atoms with Crippen molar-refractivity contribution >= 4 is 33.2 Å². The fraction of sp³-hybridized carbons (Fsp3) is 0.133. The molecule has 1 unspecified atom stereocenters. The first-order valence-electron chi connectivity index (χ1n) is 5.82. The van der Waals surface area contributed by atoms with Gasteiger partial charge in [0.25, 0.3) is 0 Å². The maximum absolute atomic E-state index is 9.11. The highest BCUT2D eigenvalue weighted by Gasteiger charge is 2.08. The normalized spacial score (nSPS) is 11.7. The molecule has 96 valence electrons. The van der Waals surface area contributed by atoms with Gasteiger partial charge in [0, 0.05) is 15.5 Å². The first-order valence-corrected chi connectivity index (χ1v) is 6.99. The molecule has 2 nitrogen and oxygen atoms in total. The number of hydrogen-bond donors (Lipinski definition) is 1. The van der Waals surface area contributed by atoms with E-state index in [1.807, 2.05) is 43.3 Å². The number of nitriles is 1. The molecule has 2 aromatic rings. The fourth-order valence-corrected chi connectivity index (χ4v) is 2.29. The molecule has 4 heteroatoms. The van der Waals surface area contributed by atoms with Gasteiger partial charge < -0.3 is 5.32 Å². The van der Waals surface area contributed by atoms with Gasteiger partial charge in [0.15, 0.2) is 0 Å². The van der Waals surface area contributed by atoms with Crippen molar-refractivity contribution in [2.45, 2.75) is 13.0 Å². The van der Waals surface area contributed by atoms with Crippen LogP contribution in [0.1, 0.15) is 24.1 Å². The van der Waals surface area contributed by atoms with Gasteiger partial charge in [-0.05, 0) is 42.8 Å². The summed E-state index contributed by atoms with van der Waals surface area (Å²) in [5.41, 5.74) is 2.57. The lowest BCUT2D eigenvalue weighted by molar-refractivity contribution is 0.884. The van der Waals surface area contributed by atoms with E-state index >= 15 is 0 Å². The van der Waals surface area contributed by atoms with E-state index in [9.17, 15) is 0 Å². The molecule has 0 aliphatic heterocycles. The summed E-state index contributed by atoms with van der Waals surface area (Å²) in [5, 5.41) is 13.2. The van der Waals surface area contributed by atoms with Crippen molar-refractivity contribution in [3.05, 3.63) is 63.1 Å². The van der Waals surface area contributed by atoms with Crippen LogP contribution >= 0.6 is 27.5 Å². The number of halogens is 2. The van der Waals surface area contributed by atoms with Crippen LogP contribution in [0, 0.1) is 11.3 Å². The maximum Gasteiger partial charge on any atom is 0.101 e. The van der Waals surface area contributed by atoms with Crippen LogP contribution in [-0.4, -0.2) is 0 Å². The summed E-state index contributed by atoms with van der Waals surface area (Å²) in [6.07, 6.45) is 0. The molecule has 0 spiro atoms. The third-order valence-corrected chi connectivity index (χ3v) is 3.59. The average Bonchev–Trinajstić information content (AvgIpc) is 2.39. The van der Waals surface area contributed by atoms with Crippen molar-refractivity contribution in [3.8, 4) is 6.07 Å². The van der Waals surface area contributed by atoms with E-state index in [0.29, 0.717) is 5.56 Å². The molecule has 0 aromatic heterocycles. The molecule has 2 rings (SSSR count). The molecule has 19 heavy (non-hydrogen) atoms. The molecule has 0 amide bonds. The second-order valence-electron chi connectivity index (χ2n) is 4.22. The third kappa shape index (κ3) is 3.50. The lowest BCUT2D eigenvalue weighted by atomic mass is 10.1. The van der Waals surface area contributed by atoms with Crippen molar-refractivity contribution in [1.82, 2.24) is 0 Å². The van der Waals surface area contributed by atoms with Crippen molar-refractivity contribution in [2.24, 2.45) is 0 Å². The Balaban J connectivity index is 2.23. The highest BCUT2D eigenvalue weighted by atomic mass is 79.9. The summed E-state index contributed by atoms with van der Waals surface area (Å²) < 4.78 is 0.942. The Labute approximate surface area is 126 Å². The van der Waals surface area contributed by atoms with Crippen molar-refractivity contribution in [1.29, 1.82) is 5.26 Å². The lowest BCUT2D eigenvalue weighted by Crippen LogP contribution is -2.07. The monoisotopic (exact) mass is 334 g/mol. The van der Waals surface area contributed by atoms with Gasteiger partial charge in [-0.25, -0.2) is 0 Å². The predicted octanol–water partition coefficient (Wildman–Crippen LogP) is 5.15. The number of hydrogen-bond acceptors (Lipinski definition) is 2. The molecule has 1 atom stereocenters. The fourth-order valence-electron chi connectivity index (χ4n) is 1.80. The summed E-state index contributed by atoms with van der Waals surface area (Å²) in [4.78, 5) is 0. The molecule has 0 bridgehead atoms. The molecule has 0 fully saturated rings. The predicted molar refractivity (Wildman–Crippen MR) is 82.3 cm³/mol. The molecule has 0 heterocycles. The van der Waals surface area contributed by atoms with Gasteiger partial charge in [-0.1, -0.05) is 39.7 Å². The minimum atomic E-state index is 0.0960. The van der Waals surface area contributed by atoms with E-state index in [0.717, 1.165) is 20.7 Å².